The summed E-state index contributed by atoms with van der Waals surface area (Å²) in [6.07, 6.45) is 2.94. The Hall–Kier alpha value is -2.84. The van der Waals surface area contributed by atoms with Gasteiger partial charge in [0.15, 0.2) is 0 Å². The topological polar surface area (TPSA) is 87.0 Å². The average Bonchev–Trinajstić information content (AvgIpc) is 3.36. The molecule has 2 N–H and O–H groups in total. The molecule has 2 aliphatic rings. The molecule has 0 saturated carbocycles. The van der Waals surface area contributed by atoms with Crippen LogP contribution in [0, 0.1) is 5.92 Å². The highest BCUT2D eigenvalue weighted by Crippen LogP contribution is 2.18. The minimum Gasteiger partial charge on any atom is -0.467 e. The van der Waals surface area contributed by atoms with Crippen LogP contribution in [0.2, 0.25) is 0 Å². The second kappa shape index (κ2) is 11.2. The monoisotopic (exact) mass is 440 g/mol. The Bertz CT molecular complexity index is 872. The molecule has 2 fully saturated rings. The van der Waals surface area contributed by atoms with Crippen molar-refractivity contribution in [3.05, 3.63) is 59.5 Å². The van der Waals surface area contributed by atoms with Crippen molar-refractivity contribution in [2.75, 3.05) is 39.4 Å². The van der Waals surface area contributed by atoms with Gasteiger partial charge in [-0.25, -0.2) is 4.79 Å². The van der Waals surface area contributed by atoms with Crippen LogP contribution in [0.3, 0.4) is 0 Å². The third-order valence-electron chi connectivity index (χ3n) is 6.11. The highest BCUT2D eigenvalue weighted by Gasteiger charge is 2.27. The first-order valence-electron chi connectivity index (χ1n) is 11.4. The van der Waals surface area contributed by atoms with Crippen molar-refractivity contribution in [3.8, 4) is 0 Å². The predicted molar refractivity (Wildman–Crippen MR) is 120 cm³/mol. The summed E-state index contributed by atoms with van der Waals surface area (Å²) in [7, 11) is 0. The summed E-state index contributed by atoms with van der Waals surface area (Å²) >= 11 is 0. The summed E-state index contributed by atoms with van der Waals surface area (Å²) in [5.74, 6) is 0.702. The summed E-state index contributed by atoms with van der Waals surface area (Å²) in [6, 6.07) is 11.9. The minimum atomic E-state index is -0.0713. The molecule has 1 aromatic carbocycles. The number of carbonyl (C=O) groups excluding carboxylic acids is 2. The zero-order valence-electron chi connectivity index (χ0n) is 18.4. The normalized spacial score (nSPS) is 17.8. The van der Waals surface area contributed by atoms with E-state index in [9.17, 15) is 9.59 Å². The van der Waals surface area contributed by atoms with Crippen LogP contribution in [0.15, 0.2) is 47.1 Å². The van der Waals surface area contributed by atoms with E-state index in [1.54, 1.807) is 17.2 Å². The highest BCUT2D eigenvalue weighted by molar-refractivity contribution is 5.79. The van der Waals surface area contributed by atoms with Gasteiger partial charge in [-0.3, -0.25) is 9.69 Å². The fourth-order valence-corrected chi connectivity index (χ4v) is 4.22. The number of nitrogens with zero attached hydrogens (tertiary/aromatic N) is 2. The molecule has 0 unspecified atom stereocenters. The Balaban J connectivity index is 1.18. The predicted octanol–water partition coefficient (Wildman–Crippen LogP) is 2.35. The number of rotatable bonds is 7. The molecular formula is C24H32N4O4. The number of urea groups is 1. The fourth-order valence-electron chi connectivity index (χ4n) is 4.22. The zero-order chi connectivity index (χ0) is 22.2. The van der Waals surface area contributed by atoms with Crippen molar-refractivity contribution in [2.45, 2.75) is 32.5 Å². The molecule has 2 aromatic rings. The van der Waals surface area contributed by atoms with E-state index in [1.807, 2.05) is 18.2 Å². The number of morpholine rings is 1. The first kappa shape index (κ1) is 22.4. The molecule has 8 heteroatoms. The lowest BCUT2D eigenvalue weighted by Gasteiger charge is -2.31. The maximum absolute atomic E-state index is 12.6. The van der Waals surface area contributed by atoms with Crippen LogP contribution < -0.4 is 10.6 Å². The maximum atomic E-state index is 12.6. The Labute approximate surface area is 188 Å². The zero-order valence-corrected chi connectivity index (χ0v) is 18.4. The van der Waals surface area contributed by atoms with Crippen molar-refractivity contribution in [2.24, 2.45) is 5.92 Å². The Morgan fingerprint density at radius 3 is 2.47 bits per heavy atom. The molecule has 0 radical (unpaired) electrons. The van der Waals surface area contributed by atoms with Gasteiger partial charge in [0, 0.05) is 45.2 Å². The lowest BCUT2D eigenvalue weighted by atomic mass is 9.96. The van der Waals surface area contributed by atoms with Gasteiger partial charge >= 0.3 is 6.03 Å². The molecule has 8 nitrogen and oxygen atoms in total. The molecule has 0 spiro atoms. The molecule has 0 aliphatic carbocycles. The van der Waals surface area contributed by atoms with Crippen molar-refractivity contribution in [1.82, 2.24) is 20.4 Å². The highest BCUT2D eigenvalue weighted by atomic mass is 16.5. The van der Waals surface area contributed by atoms with Crippen LogP contribution >= 0.6 is 0 Å². The fraction of sp³-hybridized carbons (Fsp3) is 0.500. The number of piperidine rings is 1. The van der Waals surface area contributed by atoms with Crippen LogP contribution in [0.4, 0.5) is 4.79 Å². The van der Waals surface area contributed by atoms with Gasteiger partial charge in [-0.15, -0.1) is 0 Å². The van der Waals surface area contributed by atoms with E-state index < -0.39 is 0 Å². The molecule has 4 rings (SSSR count). The summed E-state index contributed by atoms with van der Waals surface area (Å²) in [5.41, 5.74) is 2.34. The van der Waals surface area contributed by atoms with Crippen molar-refractivity contribution < 1.29 is 18.7 Å². The van der Waals surface area contributed by atoms with Crippen LogP contribution in [0.25, 0.3) is 0 Å². The molecule has 3 amide bonds. The van der Waals surface area contributed by atoms with Crippen molar-refractivity contribution in [3.63, 3.8) is 0 Å². The van der Waals surface area contributed by atoms with Crippen molar-refractivity contribution in [1.29, 1.82) is 0 Å². The number of nitrogens with one attached hydrogen (secondary N) is 2. The molecule has 32 heavy (non-hydrogen) atoms. The summed E-state index contributed by atoms with van der Waals surface area (Å²) in [4.78, 5) is 29.2. The lowest BCUT2D eigenvalue weighted by molar-refractivity contribution is -0.126. The van der Waals surface area contributed by atoms with E-state index in [2.05, 4.69) is 27.7 Å². The number of hydrogen-bond donors (Lipinski definition) is 2. The average molecular weight is 441 g/mol. The standard InChI is InChI=1S/C24H32N4O4/c29-23(25-17-22-5-2-12-32-22)21-6-8-28(9-7-21)24(30)26-16-19-3-1-4-20(15-19)18-27-10-13-31-14-11-27/h1-5,12,15,21H,6-11,13-14,16-18H2,(H,25,29)(H,26,30). The molecule has 1 aromatic heterocycles. The van der Waals surface area contributed by atoms with Gasteiger partial charge in [-0.1, -0.05) is 24.3 Å². The Morgan fingerprint density at radius 2 is 1.72 bits per heavy atom. The number of furan rings is 1. The van der Waals surface area contributed by atoms with Gasteiger partial charge in [-0.2, -0.15) is 0 Å². The molecule has 0 atom stereocenters. The van der Waals surface area contributed by atoms with E-state index in [4.69, 9.17) is 9.15 Å². The molecule has 2 aliphatic heterocycles. The van der Waals surface area contributed by atoms with Gasteiger partial charge in [-0.05, 0) is 36.1 Å². The maximum Gasteiger partial charge on any atom is 0.317 e. The van der Waals surface area contributed by atoms with Crippen LogP contribution in [0.1, 0.15) is 29.7 Å². The third-order valence-corrected chi connectivity index (χ3v) is 6.11. The number of likely N-dealkylation sites (tertiary alicyclic amines) is 1. The molecule has 172 valence electrons. The first-order chi connectivity index (χ1) is 15.7. The number of benzene rings is 1. The summed E-state index contributed by atoms with van der Waals surface area (Å²) in [6.45, 7) is 6.46. The van der Waals surface area contributed by atoms with E-state index in [1.165, 1.54) is 5.56 Å². The van der Waals surface area contributed by atoms with Gasteiger partial charge < -0.3 is 24.7 Å². The second-order valence-corrected chi connectivity index (χ2v) is 8.43. The quantitative estimate of drug-likeness (QED) is 0.690. The first-order valence-corrected chi connectivity index (χ1v) is 11.4. The molecule has 2 saturated heterocycles. The van der Waals surface area contributed by atoms with Crippen molar-refractivity contribution >= 4 is 11.9 Å². The number of hydrogen-bond acceptors (Lipinski definition) is 5. The summed E-state index contributed by atoms with van der Waals surface area (Å²) < 4.78 is 10.7. The number of carbonyl (C=O) groups is 2. The van der Waals surface area contributed by atoms with Gasteiger partial charge in [0.05, 0.1) is 26.0 Å². The molecule has 3 heterocycles. The van der Waals surface area contributed by atoms with E-state index in [0.717, 1.165) is 44.2 Å². The SMILES string of the molecule is O=C(NCc1ccco1)C1CCN(C(=O)NCc2cccc(CN3CCOCC3)c2)CC1. The Kier molecular flexibility index (Phi) is 7.79. The summed E-state index contributed by atoms with van der Waals surface area (Å²) in [5, 5.41) is 5.95. The number of ether oxygens (including phenoxy) is 1. The minimum absolute atomic E-state index is 0.0264. The van der Waals surface area contributed by atoms with Gasteiger partial charge in [0.1, 0.15) is 5.76 Å². The van der Waals surface area contributed by atoms with Crippen LogP contribution in [0.5, 0.6) is 0 Å². The van der Waals surface area contributed by atoms with E-state index in [0.29, 0.717) is 39.0 Å². The molecular weight excluding hydrogens is 408 g/mol. The van der Waals surface area contributed by atoms with Crippen LogP contribution in [-0.4, -0.2) is 61.1 Å². The second-order valence-electron chi connectivity index (χ2n) is 8.43. The Morgan fingerprint density at radius 1 is 0.938 bits per heavy atom. The lowest BCUT2D eigenvalue weighted by Crippen LogP contribution is -2.46. The van der Waals surface area contributed by atoms with Crippen LogP contribution in [-0.2, 0) is 29.2 Å². The third kappa shape index (κ3) is 6.34. The smallest absolute Gasteiger partial charge is 0.317 e. The van der Waals surface area contributed by atoms with E-state index in [-0.39, 0.29) is 17.9 Å². The largest absolute Gasteiger partial charge is 0.467 e. The molecule has 0 bridgehead atoms. The van der Waals surface area contributed by atoms with Gasteiger partial charge in [0.2, 0.25) is 5.91 Å². The number of amides is 3. The van der Waals surface area contributed by atoms with Gasteiger partial charge in [0.25, 0.3) is 0 Å². The van der Waals surface area contributed by atoms with E-state index >= 15 is 0 Å².